The van der Waals surface area contributed by atoms with E-state index in [1.54, 1.807) is 0 Å². The third-order valence-electron chi connectivity index (χ3n) is 1.52. The molecule has 0 unspecified atom stereocenters. The van der Waals surface area contributed by atoms with E-state index in [0.717, 1.165) is 17.7 Å². The highest BCUT2D eigenvalue weighted by Crippen LogP contribution is 2.00. The summed E-state index contributed by atoms with van der Waals surface area (Å²) in [6, 6.07) is 8.23. The largest absolute Gasteiger partial charge is 0.178 e. The number of hydrogen-bond donors (Lipinski definition) is 1. The molecule has 0 saturated carbocycles. The van der Waals surface area contributed by atoms with Crippen LogP contribution in [0.2, 0.25) is 0 Å². The van der Waals surface area contributed by atoms with Crippen molar-refractivity contribution < 1.29 is 0 Å². The third kappa shape index (κ3) is 3.02. The van der Waals surface area contributed by atoms with Gasteiger partial charge in [0.05, 0.1) is 0 Å². The molecule has 0 nitrogen and oxygen atoms in total. The highest BCUT2D eigenvalue weighted by atomic mass is 32.1. The highest BCUT2D eigenvalue weighted by molar-refractivity contribution is 7.80. The van der Waals surface area contributed by atoms with Gasteiger partial charge in [0, 0.05) is 17.7 Å². The fourth-order valence-electron chi connectivity index (χ4n) is 0.857. The maximum atomic E-state index is 4.08. The Balaban J connectivity index is 2.66. The molecule has 0 radical (unpaired) electrons. The van der Waals surface area contributed by atoms with Gasteiger partial charge in [0.1, 0.15) is 0 Å². The molecule has 0 aromatic heterocycles. The maximum absolute atomic E-state index is 4.08. The molecule has 12 heavy (non-hydrogen) atoms. The summed E-state index contributed by atoms with van der Waals surface area (Å²) in [5.41, 5.74) is 2.36. The Morgan fingerprint density at radius 2 is 1.92 bits per heavy atom. The quantitative estimate of drug-likeness (QED) is 0.493. The van der Waals surface area contributed by atoms with E-state index in [2.05, 4.69) is 43.5 Å². The van der Waals surface area contributed by atoms with Crippen LogP contribution >= 0.6 is 12.6 Å². The van der Waals surface area contributed by atoms with Crippen LogP contribution in [0, 0.1) is 18.8 Å². The minimum Gasteiger partial charge on any atom is -0.178 e. The van der Waals surface area contributed by atoms with Gasteiger partial charge in [0.25, 0.3) is 0 Å². The summed E-state index contributed by atoms with van der Waals surface area (Å²) in [7, 11) is 0. The molecule has 0 amide bonds. The molecule has 0 N–H and O–H groups in total. The van der Waals surface area contributed by atoms with Crippen LogP contribution in [-0.4, -0.2) is 5.75 Å². The molecule has 0 saturated heterocycles. The van der Waals surface area contributed by atoms with E-state index >= 15 is 0 Å². The van der Waals surface area contributed by atoms with Gasteiger partial charge in [-0.05, 0) is 19.1 Å². The first kappa shape index (κ1) is 9.22. The lowest BCUT2D eigenvalue weighted by Gasteiger charge is -1.90. The van der Waals surface area contributed by atoms with Crippen molar-refractivity contribution in [3.05, 3.63) is 35.4 Å². The minimum atomic E-state index is 0.832. The van der Waals surface area contributed by atoms with Crippen molar-refractivity contribution in [1.29, 1.82) is 0 Å². The van der Waals surface area contributed by atoms with Crippen LogP contribution in [0.25, 0.3) is 0 Å². The second-order valence-electron chi connectivity index (χ2n) is 2.64. The maximum Gasteiger partial charge on any atom is 0.0245 e. The Morgan fingerprint density at radius 3 is 2.50 bits per heavy atom. The van der Waals surface area contributed by atoms with E-state index in [1.807, 2.05) is 12.1 Å². The molecule has 0 atom stereocenters. The summed E-state index contributed by atoms with van der Waals surface area (Å²) < 4.78 is 0. The zero-order chi connectivity index (χ0) is 8.81. The Hall–Kier alpha value is -0.870. The average molecular weight is 176 g/mol. The van der Waals surface area contributed by atoms with E-state index in [4.69, 9.17) is 0 Å². The van der Waals surface area contributed by atoms with E-state index < -0.39 is 0 Å². The van der Waals surface area contributed by atoms with Crippen LogP contribution in [0.5, 0.6) is 0 Å². The smallest absolute Gasteiger partial charge is 0.0245 e. The summed E-state index contributed by atoms with van der Waals surface area (Å²) in [5.74, 6) is 6.95. The van der Waals surface area contributed by atoms with Crippen molar-refractivity contribution in [2.75, 3.05) is 5.75 Å². The number of thiol groups is 1. The van der Waals surface area contributed by atoms with Crippen molar-refractivity contribution in [3.8, 4) is 11.8 Å². The van der Waals surface area contributed by atoms with Gasteiger partial charge in [-0.1, -0.05) is 29.5 Å². The highest BCUT2D eigenvalue weighted by Gasteiger charge is 1.84. The molecule has 62 valence electrons. The normalized spacial score (nSPS) is 8.83. The number of aryl methyl sites for hydroxylation is 1. The predicted molar refractivity (Wildman–Crippen MR) is 56.5 cm³/mol. The fourth-order valence-corrected chi connectivity index (χ4v) is 0.969. The molecule has 0 spiro atoms. The van der Waals surface area contributed by atoms with Crippen LogP contribution in [0.15, 0.2) is 24.3 Å². The first-order chi connectivity index (χ1) is 5.83. The Bertz CT molecular complexity index is 287. The summed E-state index contributed by atoms with van der Waals surface area (Å²) in [6.07, 6.45) is 0.858. The lowest BCUT2D eigenvalue weighted by molar-refractivity contribution is 1.31. The SMILES string of the molecule is Cc1ccc(C#CCCS)cc1. The molecule has 1 heteroatoms. The fraction of sp³-hybridized carbons (Fsp3) is 0.273. The Morgan fingerprint density at radius 1 is 1.25 bits per heavy atom. The van der Waals surface area contributed by atoms with Gasteiger partial charge >= 0.3 is 0 Å². The Labute approximate surface area is 79.4 Å². The lowest BCUT2D eigenvalue weighted by atomic mass is 10.1. The molecule has 0 fully saturated rings. The third-order valence-corrected chi connectivity index (χ3v) is 1.74. The topological polar surface area (TPSA) is 0 Å². The van der Waals surface area contributed by atoms with Crippen molar-refractivity contribution >= 4 is 12.6 Å². The van der Waals surface area contributed by atoms with E-state index in [0.29, 0.717) is 0 Å². The zero-order valence-corrected chi connectivity index (χ0v) is 8.07. The van der Waals surface area contributed by atoms with Crippen molar-refractivity contribution in [2.24, 2.45) is 0 Å². The van der Waals surface area contributed by atoms with Crippen molar-refractivity contribution in [2.45, 2.75) is 13.3 Å². The van der Waals surface area contributed by atoms with E-state index in [-0.39, 0.29) is 0 Å². The second kappa shape index (κ2) is 4.90. The molecule has 1 rings (SSSR count). The number of benzene rings is 1. The first-order valence-corrected chi connectivity index (χ1v) is 4.62. The summed E-state index contributed by atoms with van der Waals surface area (Å²) >= 11 is 4.08. The van der Waals surface area contributed by atoms with Crippen LogP contribution in [0.3, 0.4) is 0 Å². The van der Waals surface area contributed by atoms with Crippen molar-refractivity contribution in [1.82, 2.24) is 0 Å². The molecule has 0 aliphatic carbocycles. The molecular weight excluding hydrogens is 164 g/mol. The molecule has 0 bridgehead atoms. The van der Waals surface area contributed by atoms with Gasteiger partial charge in [-0.3, -0.25) is 0 Å². The zero-order valence-electron chi connectivity index (χ0n) is 7.17. The minimum absolute atomic E-state index is 0.832. The van der Waals surface area contributed by atoms with Gasteiger partial charge in [0.2, 0.25) is 0 Å². The molecule has 1 aromatic rings. The summed E-state index contributed by atoms with van der Waals surface area (Å²) in [4.78, 5) is 0. The number of hydrogen-bond acceptors (Lipinski definition) is 1. The standard InChI is InChI=1S/C11H12S/c1-10-5-7-11(8-6-10)4-2-3-9-12/h5-8,12H,3,9H2,1H3. The second-order valence-corrected chi connectivity index (χ2v) is 3.09. The van der Waals surface area contributed by atoms with Gasteiger partial charge in [-0.15, -0.1) is 0 Å². The Kier molecular flexibility index (Phi) is 3.76. The van der Waals surface area contributed by atoms with E-state index in [9.17, 15) is 0 Å². The molecule has 1 aromatic carbocycles. The molecule has 0 aliphatic rings. The summed E-state index contributed by atoms with van der Waals surface area (Å²) in [6.45, 7) is 2.07. The molecule has 0 aliphatic heterocycles. The predicted octanol–water partition coefficient (Wildman–Crippen LogP) is 2.67. The van der Waals surface area contributed by atoms with Gasteiger partial charge in [-0.25, -0.2) is 0 Å². The number of rotatable bonds is 1. The van der Waals surface area contributed by atoms with Gasteiger partial charge in [-0.2, -0.15) is 12.6 Å². The van der Waals surface area contributed by atoms with E-state index in [1.165, 1.54) is 5.56 Å². The van der Waals surface area contributed by atoms with Crippen LogP contribution in [-0.2, 0) is 0 Å². The molecule has 0 heterocycles. The summed E-state index contributed by atoms with van der Waals surface area (Å²) in [5, 5.41) is 0. The van der Waals surface area contributed by atoms with Crippen molar-refractivity contribution in [3.63, 3.8) is 0 Å². The van der Waals surface area contributed by atoms with Crippen LogP contribution in [0.4, 0.5) is 0 Å². The first-order valence-electron chi connectivity index (χ1n) is 3.99. The van der Waals surface area contributed by atoms with Gasteiger partial charge in [0.15, 0.2) is 0 Å². The van der Waals surface area contributed by atoms with Crippen LogP contribution < -0.4 is 0 Å². The monoisotopic (exact) mass is 176 g/mol. The molecular formula is C11H12S. The van der Waals surface area contributed by atoms with Crippen LogP contribution in [0.1, 0.15) is 17.5 Å². The average Bonchev–Trinajstić information content (AvgIpc) is 2.09. The lowest BCUT2D eigenvalue weighted by Crippen LogP contribution is -1.75. The van der Waals surface area contributed by atoms with Gasteiger partial charge < -0.3 is 0 Å².